The van der Waals surface area contributed by atoms with Crippen molar-refractivity contribution in [2.45, 2.75) is 13.0 Å². The van der Waals surface area contributed by atoms with Gasteiger partial charge in [-0.1, -0.05) is 0 Å². The zero-order valence-corrected chi connectivity index (χ0v) is 9.31. The summed E-state index contributed by atoms with van der Waals surface area (Å²) >= 11 is 1.43. The lowest BCUT2D eigenvalue weighted by Crippen LogP contribution is -2.04. The second-order valence-electron chi connectivity index (χ2n) is 2.55. The Morgan fingerprint density at radius 3 is 2.67 bits per heavy atom. The van der Waals surface area contributed by atoms with Crippen LogP contribution in [-0.2, 0) is 6.61 Å². The minimum absolute atomic E-state index is 0.0752. The molecule has 0 aliphatic carbocycles. The Kier molecular flexibility index (Phi) is 3.85. The number of halogens is 3. The molecule has 0 aliphatic heterocycles. The molecule has 0 amide bonds. The van der Waals surface area contributed by atoms with E-state index in [4.69, 9.17) is 5.11 Å². The standard InChI is InChI=1S/C7H5F2IN2O3/c8-7(9)5-4(10)6(12(14)15)3(2-13)1-11-5/h1,7,13H,2H2. The van der Waals surface area contributed by atoms with Gasteiger partial charge in [-0.25, -0.2) is 8.78 Å². The van der Waals surface area contributed by atoms with Crippen LogP contribution in [0.3, 0.4) is 0 Å². The fourth-order valence-electron chi connectivity index (χ4n) is 0.993. The largest absolute Gasteiger partial charge is 0.391 e. The van der Waals surface area contributed by atoms with Gasteiger partial charge in [0.25, 0.3) is 12.1 Å². The first-order valence-corrected chi connectivity index (χ1v) is 4.77. The summed E-state index contributed by atoms with van der Waals surface area (Å²) in [6.07, 6.45) is -1.98. The van der Waals surface area contributed by atoms with E-state index < -0.39 is 29.3 Å². The second kappa shape index (κ2) is 4.75. The fourth-order valence-corrected chi connectivity index (χ4v) is 1.91. The lowest BCUT2D eigenvalue weighted by molar-refractivity contribution is -0.387. The lowest BCUT2D eigenvalue weighted by Gasteiger charge is -2.05. The normalized spacial score (nSPS) is 10.7. The van der Waals surface area contributed by atoms with Crippen LogP contribution < -0.4 is 0 Å². The molecule has 0 unspecified atom stereocenters. The fraction of sp³-hybridized carbons (Fsp3) is 0.286. The second-order valence-corrected chi connectivity index (χ2v) is 3.63. The molecule has 1 N–H and O–H groups in total. The van der Waals surface area contributed by atoms with Gasteiger partial charge in [-0.3, -0.25) is 15.1 Å². The van der Waals surface area contributed by atoms with Crippen molar-refractivity contribution >= 4 is 28.3 Å². The van der Waals surface area contributed by atoms with Crippen molar-refractivity contribution in [1.82, 2.24) is 4.98 Å². The number of aliphatic hydroxyl groups excluding tert-OH is 1. The zero-order valence-electron chi connectivity index (χ0n) is 7.15. The predicted molar refractivity (Wildman–Crippen MR) is 54.5 cm³/mol. The van der Waals surface area contributed by atoms with Crippen molar-refractivity contribution in [3.8, 4) is 0 Å². The van der Waals surface area contributed by atoms with E-state index in [2.05, 4.69) is 4.98 Å². The van der Waals surface area contributed by atoms with Crippen LogP contribution in [0.15, 0.2) is 6.20 Å². The Hall–Kier alpha value is -0.900. The molecule has 0 saturated carbocycles. The van der Waals surface area contributed by atoms with Crippen LogP contribution in [0.5, 0.6) is 0 Å². The quantitative estimate of drug-likeness (QED) is 0.523. The molecular weight excluding hydrogens is 325 g/mol. The number of nitro groups is 1. The highest BCUT2D eigenvalue weighted by molar-refractivity contribution is 14.1. The van der Waals surface area contributed by atoms with Crippen LogP contribution in [0.2, 0.25) is 0 Å². The predicted octanol–water partition coefficient (Wildman–Crippen LogP) is 2.02. The smallest absolute Gasteiger partial charge is 0.291 e. The number of hydrogen-bond acceptors (Lipinski definition) is 4. The molecule has 0 aliphatic rings. The third-order valence-corrected chi connectivity index (χ3v) is 2.72. The summed E-state index contributed by atoms with van der Waals surface area (Å²) in [5, 5.41) is 19.4. The lowest BCUT2D eigenvalue weighted by atomic mass is 10.2. The Balaban J connectivity index is 3.42. The van der Waals surface area contributed by atoms with E-state index in [1.54, 1.807) is 0 Å². The molecule has 1 heterocycles. The van der Waals surface area contributed by atoms with Crippen molar-refractivity contribution in [2.75, 3.05) is 0 Å². The molecule has 0 saturated heterocycles. The highest BCUT2D eigenvalue weighted by atomic mass is 127. The van der Waals surface area contributed by atoms with Gasteiger partial charge in [0.2, 0.25) is 0 Å². The first kappa shape index (κ1) is 12.2. The van der Waals surface area contributed by atoms with Gasteiger partial charge in [-0.15, -0.1) is 0 Å². The third-order valence-electron chi connectivity index (χ3n) is 1.66. The van der Waals surface area contributed by atoms with Crippen LogP contribution >= 0.6 is 22.6 Å². The summed E-state index contributed by atoms with van der Waals surface area (Å²) in [5.41, 5.74) is -1.23. The highest BCUT2D eigenvalue weighted by Gasteiger charge is 2.25. The van der Waals surface area contributed by atoms with E-state index in [0.29, 0.717) is 0 Å². The average Bonchev–Trinajstić information content (AvgIpc) is 2.15. The van der Waals surface area contributed by atoms with Crippen LogP contribution in [-0.4, -0.2) is 15.0 Å². The maximum atomic E-state index is 12.4. The number of nitrogens with zero attached hydrogens (tertiary/aromatic N) is 2. The van der Waals surface area contributed by atoms with Crippen LogP contribution in [0.1, 0.15) is 17.7 Å². The summed E-state index contributed by atoms with van der Waals surface area (Å²) < 4.78 is 24.5. The molecule has 82 valence electrons. The molecule has 1 aromatic heterocycles. The van der Waals surface area contributed by atoms with Gasteiger partial charge in [-0.2, -0.15) is 0 Å². The number of aromatic nitrogens is 1. The van der Waals surface area contributed by atoms with E-state index in [-0.39, 0.29) is 9.13 Å². The summed E-state index contributed by atoms with van der Waals surface area (Å²) in [6.45, 7) is -0.608. The van der Waals surface area contributed by atoms with Gasteiger partial charge < -0.3 is 5.11 Å². The summed E-state index contributed by atoms with van der Waals surface area (Å²) in [6, 6.07) is 0. The van der Waals surface area contributed by atoms with Gasteiger partial charge in [-0.05, 0) is 22.6 Å². The molecule has 15 heavy (non-hydrogen) atoms. The summed E-state index contributed by atoms with van der Waals surface area (Å²) in [7, 11) is 0. The number of alkyl halides is 2. The maximum Gasteiger partial charge on any atom is 0.291 e. The minimum Gasteiger partial charge on any atom is -0.391 e. The van der Waals surface area contributed by atoms with Crippen LogP contribution in [0.25, 0.3) is 0 Å². The third kappa shape index (κ3) is 2.37. The molecule has 0 spiro atoms. The van der Waals surface area contributed by atoms with Gasteiger partial charge >= 0.3 is 0 Å². The van der Waals surface area contributed by atoms with Crippen molar-refractivity contribution in [2.24, 2.45) is 0 Å². The van der Waals surface area contributed by atoms with Gasteiger partial charge in [0.15, 0.2) is 0 Å². The molecule has 0 atom stereocenters. The van der Waals surface area contributed by atoms with Crippen LogP contribution in [0, 0.1) is 13.7 Å². The Morgan fingerprint density at radius 1 is 1.67 bits per heavy atom. The SMILES string of the molecule is O=[N+]([O-])c1c(CO)cnc(C(F)F)c1I. The number of rotatable bonds is 3. The zero-order chi connectivity index (χ0) is 11.6. The Morgan fingerprint density at radius 2 is 2.27 bits per heavy atom. The summed E-state index contributed by atoms with van der Waals surface area (Å²) in [5.74, 6) is 0. The molecule has 1 rings (SSSR count). The Bertz CT molecular complexity index is 400. The van der Waals surface area contributed by atoms with E-state index in [1.807, 2.05) is 0 Å². The molecule has 0 fully saturated rings. The van der Waals surface area contributed by atoms with E-state index in [1.165, 1.54) is 22.6 Å². The first-order chi connectivity index (χ1) is 6.99. The van der Waals surface area contributed by atoms with Crippen molar-refractivity contribution < 1.29 is 18.8 Å². The molecule has 0 radical (unpaired) electrons. The molecule has 0 bridgehead atoms. The van der Waals surface area contributed by atoms with E-state index in [0.717, 1.165) is 6.20 Å². The number of pyridine rings is 1. The average molecular weight is 330 g/mol. The molecule has 5 nitrogen and oxygen atoms in total. The molecule has 8 heteroatoms. The maximum absolute atomic E-state index is 12.4. The van der Waals surface area contributed by atoms with Crippen molar-refractivity contribution in [3.05, 3.63) is 31.1 Å². The van der Waals surface area contributed by atoms with Crippen LogP contribution in [0.4, 0.5) is 14.5 Å². The molecular formula is C7H5F2IN2O3. The van der Waals surface area contributed by atoms with Crippen molar-refractivity contribution in [1.29, 1.82) is 0 Å². The van der Waals surface area contributed by atoms with Gasteiger partial charge in [0, 0.05) is 6.20 Å². The molecule has 0 aromatic carbocycles. The number of aliphatic hydroxyl groups is 1. The minimum atomic E-state index is -2.87. The van der Waals surface area contributed by atoms with E-state index >= 15 is 0 Å². The molecule has 1 aromatic rings. The monoisotopic (exact) mass is 330 g/mol. The highest BCUT2D eigenvalue weighted by Crippen LogP contribution is 2.31. The number of hydrogen-bond donors (Lipinski definition) is 1. The Labute approximate surface area is 96.4 Å². The first-order valence-electron chi connectivity index (χ1n) is 3.69. The van der Waals surface area contributed by atoms with Gasteiger partial charge in [0.1, 0.15) is 9.26 Å². The summed E-state index contributed by atoms with van der Waals surface area (Å²) in [4.78, 5) is 13.2. The van der Waals surface area contributed by atoms with E-state index in [9.17, 15) is 18.9 Å². The van der Waals surface area contributed by atoms with Gasteiger partial charge in [0.05, 0.1) is 17.1 Å². The topological polar surface area (TPSA) is 76.3 Å². The van der Waals surface area contributed by atoms with Crippen molar-refractivity contribution in [3.63, 3.8) is 0 Å².